The number of nitriles is 1. The van der Waals surface area contributed by atoms with Crippen molar-refractivity contribution in [3.05, 3.63) is 45.5 Å². The van der Waals surface area contributed by atoms with E-state index in [0.29, 0.717) is 64.4 Å². The third kappa shape index (κ3) is 8.02. The van der Waals surface area contributed by atoms with Gasteiger partial charge in [-0.3, -0.25) is 14.4 Å². The summed E-state index contributed by atoms with van der Waals surface area (Å²) in [6.45, 7) is 9.30. The van der Waals surface area contributed by atoms with Crippen LogP contribution in [0.4, 0.5) is 4.79 Å². The van der Waals surface area contributed by atoms with Crippen LogP contribution < -0.4 is 4.74 Å². The number of aldehydes is 1. The number of ether oxygens (including phenoxy) is 1. The molecule has 1 aromatic heterocycles. The first-order chi connectivity index (χ1) is 20.3. The van der Waals surface area contributed by atoms with E-state index in [2.05, 4.69) is 4.98 Å². The molecular formula is C32H38N4O6S. The van der Waals surface area contributed by atoms with Gasteiger partial charge in [0.2, 0.25) is 5.91 Å². The molecule has 11 heteroatoms. The molecule has 1 aliphatic carbocycles. The first kappa shape index (κ1) is 33.3. The Bertz CT molecular complexity index is 1540. The third-order valence-corrected chi connectivity index (χ3v) is 8.68. The van der Waals surface area contributed by atoms with Gasteiger partial charge >= 0.3 is 6.09 Å². The number of ketones is 2. The Morgan fingerprint density at radius 3 is 2.40 bits per heavy atom. The lowest BCUT2D eigenvalue weighted by Crippen LogP contribution is -2.42. The van der Waals surface area contributed by atoms with E-state index in [1.807, 2.05) is 6.07 Å². The van der Waals surface area contributed by atoms with Crippen molar-refractivity contribution in [3.63, 3.8) is 0 Å². The number of likely N-dealkylation sites (N-methyl/N-ethyl adjacent to an activating group) is 1. The Kier molecular flexibility index (Phi) is 11.1. The molecule has 228 valence electrons. The minimum Gasteiger partial charge on any atom is -0.410 e. The molecule has 0 radical (unpaired) electrons. The van der Waals surface area contributed by atoms with Gasteiger partial charge in [-0.05, 0) is 45.7 Å². The number of amides is 2. The Morgan fingerprint density at radius 2 is 1.72 bits per heavy atom. The van der Waals surface area contributed by atoms with Gasteiger partial charge < -0.3 is 19.3 Å². The van der Waals surface area contributed by atoms with Crippen molar-refractivity contribution >= 4 is 51.4 Å². The molecule has 1 aliphatic rings. The molecule has 1 aromatic carbocycles. The van der Waals surface area contributed by atoms with Gasteiger partial charge in [0, 0.05) is 73.3 Å². The second kappa shape index (κ2) is 14.3. The van der Waals surface area contributed by atoms with Crippen LogP contribution in [-0.4, -0.2) is 71.3 Å². The highest BCUT2D eigenvalue weighted by Gasteiger charge is 2.38. The van der Waals surface area contributed by atoms with E-state index in [4.69, 9.17) is 10.00 Å². The van der Waals surface area contributed by atoms with Crippen LogP contribution in [0.15, 0.2) is 40.5 Å². The number of rotatable bonds is 13. The summed E-state index contributed by atoms with van der Waals surface area (Å²) < 4.78 is 6.38. The second-order valence-electron chi connectivity index (χ2n) is 11.4. The molecule has 0 spiro atoms. The zero-order valence-corrected chi connectivity index (χ0v) is 26.4. The van der Waals surface area contributed by atoms with E-state index in [9.17, 15) is 24.0 Å². The van der Waals surface area contributed by atoms with Crippen LogP contribution in [0.1, 0.15) is 71.7 Å². The van der Waals surface area contributed by atoms with Crippen LogP contribution in [0.2, 0.25) is 0 Å². The molecule has 1 heterocycles. The summed E-state index contributed by atoms with van der Waals surface area (Å²) in [5.74, 6) is -0.294. The van der Waals surface area contributed by atoms with Crippen molar-refractivity contribution < 1.29 is 28.7 Å². The fourth-order valence-corrected chi connectivity index (χ4v) is 5.88. The topological polar surface area (TPSA) is 138 Å². The number of hydrogen-bond donors (Lipinski definition) is 0. The van der Waals surface area contributed by atoms with Crippen molar-refractivity contribution in [2.24, 2.45) is 5.41 Å². The van der Waals surface area contributed by atoms with Gasteiger partial charge in [-0.2, -0.15) is 5.26 Å². The summed E-state index contributed by atoms with van der Waals surface area (Å²) >= 11 is 1.21. The molecule has 0 N–H and O–H groups in total. The Labute approximate surface area is 256 Å². The van der Waals surface area contributed by atoms with Crippen LogP contribution in [0.3, 0.4) is 0 Å². The number of fused-ring (bicyclic) bond motifs is 1. The largest absolute Gasteiger partial charge is 0.415 e. The predicted octanol–water partition coefficient (Wildman–Crippen LogP) is 5.41. The molecule has 2 aromatic rings. The minimum atomic E-state index is -0.873. The van der Waals surface area contributed by atoms with Gasteiger partial charge in [0.15, 0.2) is 16.6 Å². The molecule has 2 amide bonds. The van der Waals surface area contributed by atoms with Crippen LogP contribution in [0.25, 0.3) is 10.2 Å². The van der Waals surface area contributed by atoms with Gasteiger partial charge in [-0.15, -0.1) is 11.3 Å². The molecule has 10 nitrogen and oxygen atoms in total. The van der Waals surface area contributed by atoms with Crippen LogP contribution in [-0.2, 0) is 19.2 Å². The van der Waals surface area contributed by atoms with Crippen molar-refractivity contribution in [2.45, 2.75) is 66.7 Å². The summed E-state index contributed by atoms with van der Waals surface area (Å²) in [5.41, 5.74) is 1.34. The number of Topliss-reactive ketones (excluding diaryl/α,β-unsaturated/α-hetero) is 2. The van der Waals surface area contributed by atoms with Gasteiger partial charge in [0.25, 0.3) is 0 Å². The number of carbonyl (C=O) groups is 5. The van der Waals surface area contributed by atoms with E-state index in [1.54, 1.807) is 59.9 Å². The maximum atomic E-state index is 13.3. The van der Waals surface area contributed by atoms with Crippen molar-refractivity contribution in [1.82, 2.24) is 14.8 Å². The predicted molar refractivity (Wildman–Crippen MR) is 164 cm³/mol. The smallest absolute Gasteiger partial charge is 0.410 e. The number of unbranched alkanes of at least 4 members (excludes halogenated alkanes) is 3. The van der Waals surface area contributed by atoms with Crippen LogP contribution in [0.5, 0.6) is 5.75 Å². The summed E-state index contributed by atoms with van der Waals surface area (Å²) in [6, 6.07) is 6.98. The lowest BCUT2D eigenvalue weighted by Gasteiger charge is -2.33. The standard InChI is InChI=1S/C32H38N4O6S/c1-20-21(2)30(40)28(22(3)29(20)39)32(4,5)18-27(38)35(6)14-15-36(13-9-7-8-10-16-37)31(41)42-23-11-12-24-25(17-23)43-26(19-33)34-24/h11-12,16-17H,7-10,13-15,18H2,1-6H3. The fourth-order valence-electron chi connectivity index (χ4n) is 5.09. The molecule has 3 rings (SSSR count). The molecular weight excluding hydrogens is 568 g/mol. The fraction of sp³-hybridized carbons (Fsp3) is 0.469. The highest BCUT2D eigenvalue weighted by molar-refractivity contribution is 7.19. The van der Waals surface area contributed by atoms with E-state index in [0.717, 1.165) is 17.4 Å². The zero-order valence-electron chi connectivity index (χ0n) is 25.6. The van der Waals surface area contributed by atoms with Crippen molar-refractivity contribution in [2.75, 3.05) is 26.7 Å². The monoisotopic (exact) mass is 606 g/mol. The Balaban J connectivity index is 1.68. The third-order valence-electron chi connectivity index (χ3n) is 7.76. The molecule has 0 aliphatic heterocycles. The second-order valence-corrected chi connectivity index (χ2v) is 12.4. The van der Waals surface area contributed by atoms with Gasteiger partial charge in [-0.25, -0.2) is 9.78 Å². The van der Waals surface area contributed by atoms with Gasteiger partial charge in [0.1, 0.15) is 18.1 Å². The van der Waals surface area contributed by atoms with E-state index < -0.39 is 11.5 Å². The maximum absolute atomic E-state index is 13.3. The van der Waals surface area contributed by atoms with Gasteiger partial charge in [-0.1, -0.05) is 20.3 Å². The van der Waals surface area contributed by atoms with E-state index >= 15 is 0 Å². The average molecular weight is 607 g/mol. The number of carbonyl (C=O) groups excluding carboxylic acids is 5. The van der Waals surface area contributed by atoms with Crippen LogP contribution >= 0.6 is 11.3 Å². The Hall–Kier alpha value is -4.17. The highest BCUT2D eigenvalue weighted by Crippen LogP contribution is 2.39. The summed E-state index contributed by atoms with van der Waals surface area (Å²) in [4.78, 5) is 70.2. The number of nitrogens with zero attached hydrogens (tertiary/aromatic N) is 4. The Morgan fingerprint density at radius 1 is 1.02 bits per heavy atom. The highest BCUT2D eigenvalue weighted by atomic mass is 32.1. The lowest BCUT2D eigenvalue weighted by atomic mass is 9.71. The summed E-state index contributed by atoms with van der Waals surface area (Å²) in [7, 11) is 1.64. The number of thiazole rings is 1. The number of hydrogen-bond acceptors (Lipinski definition) is 9. The normalized spacial score (nSPS) is 13.8. The summed E-state index contributed by atoms with van der Waals surface area (Å²) in [5, 5.41) is 9.43. The SMILES string of the molecule is CC1=C(C)C(=O)C(C(C)(C)CC(=O)N(C)CCN(CCCCCC=O)C(=O)Oc2ccc3nc(C#N)sc3c2)=C(C)C1=O. The molecule has 0 saturated heterocycles. The molecule has 0 bridgehead atoms. The van der Waals surface area contributed by atoms with Crippen molar-refractivity contribution in [1.29, 1.82) is 5.26 Å². The van der Waals surface area contributed by atoms with Crippen molar-refractivity contribution in [3.8, 4) is 11.8 Å². The summed E-state index contributed by atoms with van der Waals surface area (Å²) in [6.07, 6.45) is 2.88. The van der Waals surface area contributed by atoms with E-state index in [1.165, 1.54) is 21.1 Å². The first-order valence-corrected chi connectivity index (χ1v) is 15.1. The quantitative estimate of drug-likeness (QED) is 0.168. The number of benzene rings is 1. The average Bonchev–Trinajstić information content (AvgIpc) is 3.38. The zero-order chi connectivity index (χ0) is 31.9. The molecule has 0 unspecified atom stereocenters. The van der Waals surface area contributed by atoms with Crippen LogP contribution in [0, 0.1) is 16.7 Å². The molecule has 0 atom stereocenters. The number of aromatic nitrogens is 1. The molecule has 0 saturated carbocycles. The first-order valence-electron chi connectivity index (χ1n) is 14.2. The number of allylic oxidation sites excluding steroid dienone is 4. The molecule has 43 heavy (non-hydrogen) atoms. The minimum absolute atomic E-state index is 0.0111. The molecule has 0 fully saturated rings. The van der Waals surface area contributed by atoms with Gasteiger partial charge in [0.05, 0.1) is 10.2 Å². The maximum Gasteiger partial charge on any atom is 0.415 e. The lowest BCUT2D eigenvalue weighted by molar-refractivity contribution is -0.132. The van der Waals surface area contributed by atoms with E-state index in [-0.39, 0.29) is 37.0 Å².